The standard InChI is InChI=1S/C15H22N2O/c1-8-5-9(2)11(4)14(10(8)3)17-15(18)12-6-13(16)7-12/h5,12-13H,6-7,16H2,1-4H3,(H,17,18). The Morgan fingerprint density at radius 2 is 1.67 bits per heavy atom. The van der Waals surface area contributed by atoms with Gasteiger partial charge in [0, 0.05) is 17.6 Å². The highest BCUT2D eigenvalue weighted by Gasteiger charge is 2.32. The Bertz CT molecular complexity index is 462. The zero-order chi connectivity index (χ0) is 13.4. The molecule has 1 amide bonds. The van der Waals surface area contributed by atoms with E-state index in [4.69, 9.17) is 5.73 Å². The van der Waals surface area contributed by atoms with Crippen molar-refractivity contribution in [1.29, 1.82) is 0 Å². The molecule has 0 spiro atoms. The van der Waals surface area contributed by atoms with E-state index < -0.39 is 0 Å². The molecule has 1 aromatic rings. The third-order valence-electron chi connectivity index (χ3n) is 4.16. The Kier molecular flexibility index (Phi) is 3.44. The van der Waals surface area contributed by atoms with Crippen LogP contribution in [-0.4, -0.2) is 11.9 Å². The maximum atomic E-state index is 12.1. The first kappa shape index (κ1) is 13.1. The maximum absolute atomic E-state index is 12.1. The number of anilines is 1. The molecule has 3 nitrogen and oxygen atoms in total. The monoisotopic (exact) mass is 246 g/mol. The van der Waals surface area contributed by atoms with Crippen LogP contribution in [0.2, 0.25) is 0 Å². The van der Waals surface area contributed by atoms with E-state index in [0.29, 0.717) is 0 Å². The SMILES string of the molecule is Cc1cc(C)c(C)c(NC(=O)C2CC(N)C2)c1C. The van der Waals surface area contributed by atoms with Crippen molar-refractivity contribution < 1.29 is 4.79 Å². The fraction of sp³-hybridized carbons (Fsp3) is 0.533. The number of aryl methyl sites for hydroxylation is 2. The largest absolute Gasteiger partial charge is 0.328 e. The molecule has 0 bridgehead atoms. The number of benzene rings is 1. The van der Waals surface area contributed by atoms with Crippen molar-refractivity contribution >= 4 is 11.6 Å². The molecule has 3 N–H and O–H groups in total. The Hall–Kier alpha value is -1.35. The fourth-order valence-corrected chi connectivity index (χ4v) is 2.51. The molecular weight excluding hydrogens is 224 g/mol. The minimum Gasteiger partial charge on any atom is -0.328 e. The lowest BCUT2D eigenvalue weighted by Crippen LogP contribution is -2.42. The summed E-state index contributed by atoms with van der Waals surface area (Å²) in [5.41, 5.74) is 11.5. The van der Waals surface area contributed by atoms with Crippen LogP contribution in [0.3, 0.4) is 0 Å². The fourth-order valence-electron chi connectivity index (χ4n) is 2.51. The van der Waals surface area contributed by atoms with Crippen LogP contribution in [0, 0.1) is 33.6 Å². The number of nitrogens with two attached hydrogens (primary N) is 1. The molecule has 0 aliphatic heterocycles. The van der Waals surface area contributed by atoms with E-state index >= 15 is 0 Å². The van der Waals surface area contributed by atoms with Crippen LogP contribution in [0.5, 0.6) is 0 Å². The smallest absolute Gasteiger partial charge is 0.227 e. The van der Waals surface area contributed by atoms with E-state index in [0.717, 1.165) is 29.7 Å². The Morgan fingerprint density at radius 3 is 2.11 bits per heavy atom. The first-order valence-corrected chi connectivity index (χ1v) is 6.54. The maximum Gasteiger partial charge on any atom is 0.227 e. The average molecular weight is 246 g/mol. The highest BCUT2D eigenvalue weighted by molar-refractivity contribution is 5.95. The second kappa shape index (κ2) is 4.73. The number of hydrogen-bond donors (Lipinski definition) is 2. The number of carbonyl (C=O) groups excluding carboxylic acids is 1. The minimum atomic E-state index is 0.0969. The van der Waals surface area contributed by atoms with Crippen molar-refractivity contribution in [3.63, 3.8) is 0 Å². The lowest BCUT2D eigenvalue weighted by molar-refractivity contribution is -0.122. The van der Waals surface area contributed by atoms with Crippen LogP contribution in [0.4, 0.5) is 5.69 Å². The highest BCUT2D eigenvalue weighted by atomic mass is 16.1. The first-order chi connectivity index (χ1) is 8.40. The van der Waals surface area contributed by atoms with Crippen LogP contribution in [0.1, 0.15) is 35.1 Å². The summed E-state index contributed by atoms with van der Waals surface area (Å²) >= 11 is 0. The zero-order valence-corrected chi connectivity index (χ0v) is 11.6. The summed E-state index contributed by atoms with van der Waals surface area (Å²) in [7, 11) is 0. The van der Waals surface area contributed by atoms with Crippen molar-refractivity contribution in [2.45, 2.75) is 46.6 Å². The van der Waals surface area contributed by atoms with Gasteiger partial charge in [0.25, 0.3) is 0 Å². The Morgan fingerprint density at radius 1 is 1.17 bits per heavy atom. The van der Waals surface area contributed by atoms with E-state index in [2.05, 4.69) is 39.1 Å². The molecule has 0 heterocycles. The molecule has 98 valence electrons. The summed E-state index contributed by atoms with van der Waals surface area (Å²) in [5, 5.41) is 3.09. The first-order valence-electron chi connectivity index (χ1n) is 6.54. The van der Waals surface area contributed by atoms with E-state index in [-0.39, 0.29) is 17.9 Å². The predicted molar refractivity (Wildman–Crippen MR) is 74.7 cm³/mol. The van der Waals surface area contributed by atoms with Gasteiger partial charge < -0.3 is 11.1 Å². The Balaban J connectivity index is 2.21. The molecule has 0 radical (unpaired) electrons. The zero-order valence-electron chi connectivity index (χ0n) is 11.6. The summed E-state index contributed by atoms with van der Waals surface area (Å²) in [6.45, 7) is 8.28. The topological polar surface area (TPSA) is 55.1 Å². The molecule has 1 saturated carbocycles. The van der Waals surface area contributed by atoms with E-state index in [1.54, 1.807) is 0 Å². The summed E-state index contributed by atoms with van der Waals surface area (Å²) in [6, 6.07) is 2.38. The number of hydrogen-bond acceptors (Lipinski definition) is 2. The van der Waals surface area contributed by atoms with Crippen LogP contribution in [0.25, 0.3) is 0 Å². The molecule has 1 aliphatic carbocycles. The highest BCUT2D eigenvalue weighted by Crippen LogP contribution is 2.30. The van der Waals surface area contributed by atoms with E-state index in [9.17, 15) is 4.79 Å². The molecule has 3 heteroatoms. The summed E-state index contributed by atoms with van der Waals surface area (Å²) < 4.78 is 0. The van der Waals surface area contributed by atoms with Gasteiger partial charge in [0.1, 0.15) is 0 Å². The molecule has 0 atom stereocenters. The average Bonchev–Trinajstić information content (AvgIpc) is 2.28. The van der Waals surface area contributed by atoms with Crippen molar-refractivity contribution in [2.75, 3.05) is 5.32 Å². The van der Waals surface area contributed by atoms with E-state index in [1.165, 1.54) is 11.1 Å². The second-order valence-corrected chi connectivity index (χ2v) is 5.55. The molecule has 0 unspecified atom stereocenters. The Labute approximate surface area is 109 Å². The van der Waals surface area contributed by atoms with Crippen molar-refractivity contribution in [1.82, 2.24) is 0 Å². The van der Waals surface area contributed by atoms with Crippen molar-refractivity contribution in [3.05, 3.63) is 28.3 Å². The predicted octanol–water partition coefficient (Wildman–Crippen LogP) is 2.60. The van der Waals surface area contributed by atoms with Crippen LogP contribution < -0.4 is 11.1 Å². The summed E-state index contributed by atoms with van der Waals surface area (Å²) in [6.07, 6.45) is 1.63. The van der Waals surface area contributed by atoms with Gasteiger partial charge in [0.15, 0.2) is 0 Å². The minimum absolute atomic E-state index is 0.0969. The third kappa shape index (κ3) is 2.27. The van der Waals surface area contributed by atoms with Gasteiger partial charge in [-0.15, -0.1) is 0 Å². The van der Waals surface area contributed by atoms with Crippen LogP contribution in [0.15, 0.2) is 6.07 Å². The number of rotatable bonds is 2. The van der Waals surface area contributed by atoms with Gasteiger partial charge in [-0.25, -0.2) is 0 Å². The summed E-state index contributed by atoms with van der Waals surface area (Å²) in [4.78, 5) is 12.1. The summed E-state index contributed by atoms with van der Waals surface area (Å²) in [5.74, 6) is 0.215. The van der Waals surface area contributed by atoms with Gasteiger partial charge in [-0.3, -0.25) is 4.79 Å². The van der Waals surface area contributed by atoms with E-state index in [1.807, 2.05) is 0 Å². The van der Waals surface area contributed by atoms with Crippen molar-refractivity contribution in [3.8, 4) is 0 Å². The molecule has 2 rings (SSSR count). The lowest BCUT2D eigenvalue weighted by atomic mass is 9.80. The second-order valence-electron chi connectivity index (χ2n) is 5.55. The number of amides is 1. The van der Waals surface area contributed by atoms with Gasteiger partial charge >= 0.3 is 0 Å². The van der Waals surface area contributed by atoms with Gasteiger partial charge in [-0.2, -0.15) is 0 Å². The normalized spacial score (nSPS) is 22.5. The van der Waals surface area contributed by atoms with Gasteiger partial charge in [0.2, 0.25) is 5.91 Å². The quantitative estimate of drug-likeness (QED) is 0.842. The molecule has 1 fully saturated rings. The third-order valence-corrected chi connectivity index (χ3v) is 4.16. The molecule has 0 saturated heterocycles. The van der Waals surface area contributed by atoms with Crippen LogP contribution in [-0.2, 0) is 4.79 Å². The number of nitrogens with one attached hydrogen (secondary N) is 1. The lowest BCUT2D eigenvalue weighted by Gasteiger charge is -2.31. The number of carbonyl (C=O) groups is 1. The van der Waals surface area contributed by atoms with Crippen molar-refractivity contribution in [2.24, 2.45) is 11.7 Å². The van der Waals surface area contributed by atoms with Gasteiger partial charge in [-0.05, 0) is 62.8 Å². The van der Waals surface area contributed by atoms with Crippen LogP contribution >= 0.6 is 0 Å². The molecule has 0 aromatic heterocycles. The van der Waals surface area contributed by atoms with Gasteiger partial charge in [-0.1, -0.05) is 6.07 Å². The molecule has 1 aliphatic rings. The van der Waals surface area contributed by atoms with Gasteiger partial charge in [0.05, 0.1) is 0 Å². The molecular formula is C15H22N2O. The molecule has 1 aromatic carbocycles. The molecule has 18 heavy (non-hydrogen) atoms.